The summed E-state index contributed by atoms with van der Waals surface area (Å²) in [6, 6.07) is 6.24. The van der Waals surface area contributed by atoms with Gasteiger partial charge in [0, 0.05) is 18.3 Å². The summed E-state index contributed by atoms with van der Waals surface area (Å²) in [5.41, 5.74) is 3.04. The van der Waals surface area contributed by atoms with Gasteiger partial charge in [0.05, 0.1) is 19.3 Å². The van der Waals surface area contributed by atoms with Crippen LogP contribution in [0.1, 0.15) is 12.5 Å². The number of benzene rings is 1. The van der Waals surface area contributed by atoms with Crippen LogP contribution >= 0.6 is 0 Å². The van der Waals surface area contributed by atoms with Crippen LogP contribution < -0.4 is 10.6 Å². The van der Waals surface area contributed by atoms with Gasteiger partial charge in [-0.1, -0.05) is 6.07 Å². The molecule has 0 bridgehead atoms. The van der Waals surface area contributed by atoms with Gasteiger partial charge in [0.1, 0.15) is 0 Å². The van der Waals surface area contributed by atoms with E-state index in [1.807, 2.05) is 25.1 Å². The zero-order valence-corrected chi connectivity index (χ0v) is 9.54. The van der Waals surface area contributed by atoms with Crippen molar-refractivity contribution >= 4 is 17.3 Å². The Hall–Kier alpha value is -1.55. The van der Waals surface area contributed by atoms with Crippen molar-refractivity contribution in [2.75, 3.05) is 23.8 Å². The number of rotatable bonds is 3. The molecule has 1 heterocycles. The summed E-state index contributed by atoms with van der Waals surface area (Å²) in [6.07, 6.45) is 0. The van der Waals surface area contributed by atoms with E-state index in [9.17, 15) is 4.79 Å². The van der Waals surface area contributed by atoms with Crippen LogP contribution in [0.5, 0.6) is 0 Å². The van der Waals surface area contributed by atoms with Crippen molar-refractivity contribution in [3.63, 3.8) is 0 Å². The second-order valence-corrected chi connectivity index (χ2v) is 4.09. The average Bonchev–Trinajstić information content (AvgIpc) is 2.15. The van der Waals surface area contributed by atoms with Gasteiger partial charge in [-0.2, -0.15) is 0 Å². The fraction of sp³-hybridized carbons (Fsp3) is 0.417. The molecule has 16 heavy (non-hydrogen) atoms. The molecule has 4 heteroatoms. The maximum absolute atomic E-state index is 10.9. The van der Waals surface area contributed by atoms with E-state index >= 15 is 0 Å². The SMILES string of the molecule is CC(=O)Nc1ccc(C)c(NC2COC2)c1. The van der Waals surface area contributed by atoms with E-state index < -0.39 is 0 Å². The van der Waals surface area contributed by atoms with Crippen molar-refractivity contribution in [1.29, 1.82) is 0 Å². The quantitative estimate of drug-likeness (QED) is 0.816. The molecule has 1 aliphatic rings. The van der Waals surface area contributed by atoms with Crippen LogP contribution in [0.25, 0.3) is 0 Å². The van der Waals surface area contributed by atoms with Crippen molar-refractivity contribution in [3.05, 3.63) is 23.8 Å². The molecule has 0 aliphatic carbocycles. The second kappa shape index (κ2) is 4.53. The Morgan fingerprint density at radius 2 is 2.19 bits per heavy atom. The predicted octanol–water partition coefficient (Wildman–Crippen LogP) is 1.76. The van der Waals surface area contributed by atoms with E-state index in [-0.39, 0.29) is 5.91 Å². The lowest BCUT2D eigenvalue weighted by Gasteiger charge is -2.28. The predicted molar refractivity (Wildman–Crippen MR) is 63.7 cm³/mol. The van der Waals surface area contributed by atoms with E-state index in [4.69, 9.17) is 4.74 Å². The Balaban J connectivity index is 2.11. The van der Waals surface area contributed by atoms with Gasteiger partial charge in [-0.05, 0) is 24.6 Å². The van der Waals surface area contributed by atoms with Crippen LogP contribution in [-0.4, -0.2) is 25.2 Å². The minimum absolute atomic E-state index is 0.0539. The lowest BCUT2D eigenvalue weighted by atomic mass is 10.1. The van der Waals surface area contributed by atoms with Crippen molar-refractivity contribution in [1.82, 2.24) is 0 Å². The number of carbonyl (C=O) groups excluding carboxylic acids is 1. The number of nitrogens with one attached hydrogen (secondary N) is 2. The summed E-state index contributed by atoms with van der Waals surface area (Å²) in [6.45, 7) is 5.06. The summed E-state index contributed by atoms with van der Waals surface area (Å²) < 4.78 is 5.11. The van der Waals surface area contributed by atoms with Crippen LogP contribution in [-0.2, 0) is 9.53 Å². The van der Waals surface area contributed by atoms with Crippen molar-refractivity contribution in [3.8, 4) is 0 Å². The van der Waals surface area contributed by atoms with Gasteiger partial charge in [-0.15, -0.1) is 0 Å². The summed E-state index contributed by atoms with van der Waals surface area (Å²) >= 11 is 0. The van der Waals surface area contributed by atoms with Crippen LogP contribution in [0.2, 0.25) is 0 Å². The molecule has 1 saturated heterocycles. The van der Waals surface area contributed by atoms with E-state index in [1.54, 1.807) is 0 Å². The van der Waals surface area contributed by atoms with Gasteiger partial charge in [0.2, 0.25) is 5.91 Å². The van der Waals surface area contributed by atoms with Gasteiger partial charge >= 0.3 is 0 Å². The molecule has 86 valence electrons. The van der Waals surface area contributed by atoms with Crippen LogP contribution in [0, 0.1) is 6.92 Å². The van der Waals surface area contributed by atoms with Gasteiger partial charge < -0.3 is 15.4 Å². The van der Waals surface area contributed by atoms with Crippen LogP contribution in [0.3, 0.4) is 0 Å². The molecule has 0 aromatic heterocycles. The molecule has 1 fully saturated rings. The first-order chi connectivity index (χ1) is 7.65. The highest BCUT2D eigenvalue weighted by Crippen LogP contribution is 2.22. The normalized spacial score (nSPS) is 15.4. The van der Waals surface area contributed by atoms with E-state index in [0.717, 1.165) is 24.6 Å². The maximum Gasteiger partial charge on any atom is 0.221 e. The summed E-state index contributed by atoms with van der Waals surface area (Å²) in [7, 11) is 0. The van der Waals surface area contributed by atoms with E-state index in [2.05, 4.69) is 10.6 Å². The highest BCUT2D eigenvalue weighted by molar-refractivity contribution is 5.89. The molecule has 0 unspecified atom stereocenters. The minimum Gasteiger partial charge on any atom is -0.377 e. The molecule has 1 aromatic rings. The molecule has 1 aromatic carbocycles. The van der Waals surface area contributed by atoms with Gasteiger partial charge in [0.15, 0.2) is 0 Å². The van der Waals surface area contributed by atoms with Crippen molar-refractivity contribution in [2.45, 2.75) is 19.9 Å². The third kappa shape index (κ3) is 2.52. The molecule has 0 spiro atoms. The topological polar surface area (TPSA) is 50.4 Å². The lowest BCUT2D eigenvalue weighted by Crippen LogP contribution is -2.40. The Kier molecular flexibility index (Phi) is 3.10. The number of ether oxygens (including phenoxy) is 1. The van der Waals surface area contributed by atoms with Gasteiger partial charge in [0.25, 0.3) is 0 Å². The highest BCUT2D eigenvalue weighted by Gasteiger charge is 2.18. The van der Waals surface area contributed by atoms with Crippen molar-refractivity contribution < 1.29 is 9.53 Å². The monoisotopic (exact) mass is 220 g/mol. The zero-order chi connectivity index (χ0) is 11.5. The molecule has 1 amide bonds. The molecular formula is C12H16N2O2. The molecule has 0 radical (unpaired) electrons. The summed E-state index contributed by atoms with van der Waals surface area (Å²) in [5.74, 6) is -0.0539. The molecule has 2 N–H and O–H groups in total. The smallest absolute Gasteiger partial charge is 0.221 e. The third-order valence-electron chi connectivity index (χ3n) is 2.56. The second-order valence-electron chi connectivity index (χ2n) is 4.09. The molecule has 4 nitrogen and oxygen atoms in total. The average molecular weight is 220 g/mol. The van der Waals surface area contributed by atoms with Crippen LogP contribution in [0.4, 0.5) is 11.4 Å². The van der Waals surface area contributed by atoms with Crippen molar-refractivity contribution in [2.24, 2.45) is 0 Å². The largest absolute Gasteiger partial charge is 0.377 e. The number of carbonyl (C=O) groups is 1. The summed E-state index contributed by atoms with van der Waals surface area (Å²) in [4.78, 5) is 10.9. The zero-order valence-electron chi connectivity index (χ0n) is 9.54. The summed E-state index contributed by atoms with van der Waals surface area (Å²) in [5, 5.41) is 6.16. The van der Waals surface area contributed by atoms with Gasteiger partial charge in [-0.25, -0.2) is 0 Å². The number of aryl methyl sites for hydroxylation is 1. The Bertz CT molecular complexity index is 400. The Morgan fingerprint density at radius 1 is 1.44 bits per heavy atom. The third-order valence-corrected chi connectivity index (χ3v) is 2.56. The molecule has 0 atom stereocenters. The lowest BCUT2D eigenvalue weighted by molar-refractivity contribution is -0.114. The Labute approximate surface area is 95.0 Å². The minimum atomic E-state index is -0.0539. The first-order valence-electron chi connectivity index (χ1n) is 5.37. The van der Waals surface area contributed by atoms with Crippen LogP contribution in [0.15, 0.2) is 18.2 Å². The van der Waals surface area contributed by atoms with E-state index in [1.165, 1.54) is 12.5 Å². The van der Waals surface area contributed by atoms with E-state index in [0.29, 0.717) is 6.04 Å². The fourth-order valence-corrected chi connectivity index (χ4v) is 1.60. The fourth-order valence-electron chi connectivity index (χ4n) is 1.60. The first kappa shape index (κ1) is 11.0. The number of anilines is 2. The highest BCUT2D eigenvalue weighted by atomic mass is 16.5. The Morgan fingerprint density at radius 3 is 2.75 bits per heavy atom. The number of amides is 1. The number of hydrogen-bond acceptors (Lipinski definition) is 3. The van der Waals surface area contributed by atoms with Gasteiger partial charge in [-0.3, -0.25) is 4.79 Å². The standard InChI is InChI=1S/C12H16N2O2/c1-8-3-4-10(13-9(2)15)5-12(8)14-11-6-16-7-11/h3-5,11,14H,6-7H2,1-2H3,(H,13,15). The molecule has 1 aliphatic heterocycles. The molecular weight excluding hydrogens is 204 g/mol. The number of hydrogen-bond donors (Lipinski definition) is 2. The molecule has 2 rings (SSSR count). The maximum atomic E-state index is 10.9. The molecule has 0 saturated carbocycles. The first-order valence-corrected chi connectivity index (χ1v) is 5.37.